The fraction of sp³-hybridized carbons (Fsp3) is 0.0952. The molecular formula is C21H17NO3S. The van der Waals surface area contributed by atoms with Gasteiger partial charge in [0.2, 0.25) is 0 Å². The van der Waals surface area contributed by atoms with Gasteiger partial charge in [0, 0.05) is 4.88 Å². The largest absolute Gasteiger partial charge is 0.486 e. The van der Waals surface area contributed by atoms with E-state index in [9.17, 15) is 4.79 Å². The molecule has 0 atom stereocenters. The van der Waals surface area contributed by atoms with Gasteiger partial charge in [0.05, 0.1) is 6.54 Å². The first-order valence-corrected chi connectivity index (χ1v) is 9.17. The molecule has 0 spiro atoms. The summed E-state index contributed by atoms with van der Waals surface area (Å²) in [5.41, 5.74) is 0. The quantitative estimate of drug-likeness (QED) is 0.524. The van der Waals surface area contributed by atoms with Crippen LogP contribution in [0.4, 0.5) is 0 Å². The topological polar surface area (TPSA) is 51.5 Å². The molecule has 2 heterocycles. The Morgan fingerprint density at radius 1 is 1.00 bits per heavy atom. The predicted octanol–water partition coefficient (Wildman–Crippen LogP) is 5.00. The Balaban J connectivity index is 1.36. The maximum atomic E-state index is 12.1. The lowest BCUT2D eigenvalue weighted by Crippen LogP contribution is -2.21. The molecule has 2 aromatic carbocycles. The highest BCUT2D eigenvalue weighted by Crippen LogP contribution is 2.21. The summed E-state index contributed by atoms with van der Waals surface area (Å²) in [5.74, 6) is 1.44. The van der Waals surface area contributed by atoms with Crippen molar-refractivity contribution >= 4 is 28.0 Å². The summed E-state index contributed by atoms with van der Waals surface area (Å²) in [6, 6.07) is 21.4. The first-order chi connectivity index (χ1) is 12.8. The summed E-state index contributed by atoms with van der Waals surface area (Å²) in [4.78, 5) is 13.2. The Bertz CT molecular complexity index is 1020. The summed E-state index contributed by atoms with van der Waals surface area (Å²) in [5, 5.41) is 7.12. The van der Waals surface area contributed by atoms with Gasteiger partial charge in [-0.15, -0.1) is 11.3 Å². The Labute approximate surface area is 155 Å². The molecule has 1 N–H and O–H groups in total. The van der Waals surface area contributed by atoms with Crippen LogP contribution < -0.4 is 10.1 Å². The highest BCUT2D eigenvalue weighted by atomic mass is 32.1. The predicted molar refractivity (Wildman–Crippen MR) is 102 cm³/mol. The van der Waals surface area contributed by atoms with E-state index in [0.717, 1.165) is 16.0 Å². The first-order valence-electron chi connectivity index (χ1n) is 8.29. The van der Waals surface area contributed by atoms with Crippen LogP contribution in [0.1, 0.15) is 21.2 Å². The molecule has 26 heavy (non-hydrogen) atoms. The lowest BCUT2D eigenvalue weighted by atomic mass is 10.1. The maximum absolute atomic E-state index is 12.1. The van der Waals surface area contributed by atoms with Crippen molar-refractivity contribution < 1.29 is 13.9 Å². The van der Waals surface area contributed by atoms with Gasteiger partial charge >= 0.3 is 0 Å². The summed E-state index contributed by atoms with van der Waals surface area (Å²) >= 11 is 1.61. The van der Waals surface area contributed by atoms with Crippen LogP contribution in [0.15, 0.2) is 76.5 Å². The van der Waals surface area contributed by atoms with Crippen LogP contribution in [0.3, 0.4) is 0 Å². The van der Waals surface area contributed by atoms with Crippen molar-refractivity contribution in [1.29, 1.82) is 0 Å². The number of benzene rings is 2. The van der Waals surface area contributed by atoms with E-state index < -0.39 is 0 Å². The lowest BCUT2D eigenvalue weighted by molar-refractivity contribution is 0.0919. The monoisotopic (exact) mass is 363 g/mol. The molecule has 0 aliphatic heterocycles. The second kappa shape index (κ2) is 7.45. The number of carbonyl (C=O) groups is 1. The average Bonchev–Trinajstić information content (AvgIpc) is 3.36. The minimum Gasteiger partial charge on any atom is -0.486 e. The Hall–Kier alpha value is -3.05. The van der Waals surface area contributed by atoms with Crippen LogP contribution in [0, 0.1) is 0 Å². The Morgan fingerprint density at radius 2 is 1.88 bits per heavy atom. The van der Waals surface area contributed by atoms with Crippen LogP contribution in [0.25, 0.3) is 10.8 Å². The van der Waals surface area contributed by atoms with Crippen molar-refractivity contribution in [1.82, 2.24) is 5.32 Å². The SMILES string of the molecule is O=C(NCc1cccs1)c1ccc(COc2ccc3ccccc3c2)o1. The third-order valence-corrected chi connectivity index (χ3v) is 4.87. The van der Waals surface area contributed by atoms with Crippen LogP contribution in [0.2, 0.25) is 0 Å². The van der Waals surface area contributed by atoms with E-state index >= 15 is 0 Å². The highest BCUT2D eigenvalue weighted by Gasteiger charge is 2.11. The molecule has 0 bridgehead atoms. The van der Waals surface area contributed by atoms with Gasteiger partial charge in [0.1, 0.15) is 18.1 Å². The van der Waals surface area contributed by atoms with E-state index in [-0.39, 0.29) is 12.5 Å². The molecule has 0 aliphatic carbocycles. The summed E-state index contributed by atoms with van der Waals surface area (Å²) in [7, 11) is 0. The van der Waals surface area contributed by atoms with Gasteiger partial charge in [-0.25, -0.2) is 0 Å². The fourth-order valence-corrected chi connectivity index (χ4v) is 3.30. The first kappa shape index (κ1) is 16.4. The third-order valence-electron chi connectivity index (χ3n) is 3.99. The van der Waals surface area contributed by atoms with Crippen molar-refractivity contribution in [3.05, 3.63) is 88.5 Å². The van der Waals surface area contributed by atoms with Crippen molar-refractivity contribution in [2.75, 3.05) is 0 Å². The van der Waals surface area contributed by atoms with E-state index in [1.54, 1.807) is 23.5 Å². The number of nitrogens with one attached hydrogen (secondary N) is 1. The number of thiophene rings is 1. The van der Waals surface area contributed by atoms with Gasteiger partial charge in [-0.2, -0.15) is 0 Å². The molecule has 130 valence electrons. The van der Waals surface area contributed by atoms with Crippen LogP contribution >= 0.6 is 11.3 Å². The van der Waals surface area contributed by atoms with Crippen molar-refractivity contribution in [3.63, 3.8) is 0 Å². The van der Waals surface area contributed by atoms with Crippen LogP contribution in [-0.2, 0) is 13.2 Å². The second-order valence-corrected chi connectivity index (χ2v) is 6.86. The van der Waals surface area contributed by atoms with Gasteiger partial charge in [0.15, 0.2) is 5.76 Å². The molecular weight excluding hydrogens is 346 g/mol. The second-order valence-electron chi connectivity index (χ2n) is 5.83. The number of hydrogen-bond acceptors (Lipinski definition) is 4. The lowest BCUT2D eigenvalue weighted by Gasteiger charge is -2.06. The third kappa shape index (κ3) is 3.78. The summed E-state index contributed by atoms with van der Waals surface area (Å²) in [6.45, 7) is 0.774. The summed E-state index contributed by atoms with van der Waals surface area (Å²) in [6.07, 6.45) is 0. The highest BCUT2D eigenvalue weighted by molar-refractivity contribution is 7.09. The van der Waals surface area contributed by atoms with E-state index in [4.69, 9.17) is 9.15 Å². The zero-order valence-electron chi connectivity index (χ0n) is 14.0. The smallest absolute Gasteiger partial charge is 0.287 e. The molecule has 0 aliphatic rings. The zero-order chi connectivity index (χ0) is 17.8. The Morgan fingerprint density at radius 3 is 2.73 bits per heavy atom. The molecule has 0 fully saturated rings. The van der Waals surface area contributed by atoms with Crippen LogP contribution in [0.5, 0.6) is 5.75 Å². The van der Waals surface area contributed by atoms with Crippen molar-refractivity contribution in [2.45, 2.75) is 13.2 Å². The van der Waals surface area contributed by atoms with Gasteiger partial charge < -0.3 is 14.5 Å². The molecule has 4 nitrogen and oxygen atoms in total. The van der Waals surface area contributed by atoms with Crippen molar-refractivity contribution in [2.24, 2.45) is 0 Å². The van der Waals surface area contributed by atoms with Crippen LogP contribution in [-0.4, -0.2) is 5.91 Å². The molecule has 0 unspecified atom stereocenters. The number of carbonyl (C=O) groups excluding carboxylic acids is 1. The van der Waals surface area contributed by atoms with E-state index in [0.29, 0.717) is 18.1 Å². The average molecular weight is 363 g/mol. The van der Waals surface area contributed by atoms with Gasteiger partial charge in [-0.05, 0) is 46.5 Å². The minimum absolute atomic E-state index is 0.227. The number of fused-ring (bicyclic) bond motifs is 1. The molecule has 1 amide bonds. The maximum Gasteiger partial charge on any atom is 0.287 e. The van der Waals surface area contributed by atoms with Gasteiger partial charge in [0.25, 0.3) is 5.91 Å². The molecule has 0 saturated carbocycles. The molecule has 4 aromatic rings. The van der Waals surface area contributed by atoms with E-state index in [1.165, 1.54) is 5.39 Å². The minimum atomic E-state index is -0.227. The fourth-order valence-electron chi connectivity index (χ4n) is 2.66. The number of rotatable bonds is 6. The number of hydrogen-bond donors (Lipinski definition) is 1. The normalized spacial score (nSPS) is 10.8. The zero-order valence-corrected chi connectivity index (χ0v) is 14.8. The van der Waals surface area contributed by atoms with Gasteiger partial charge in [-0.1, -0.05) is 36.4 Å². The molecule has 4 rings (SSSR count). The van der Waals surface area contributed by atoms with E-state index in [2.05, 4.69) is 11.4 Å². The Kier molecular flexibility index (Phi) is 4.71. The van der Waals surface area contributed by atoms with Gasteiger partial charge in [-0.3, -0.25) is 4.79 Å². The van der Waals surface area contributed by atoms with Crippen molar-refractivity contribution in [3.8, 4) is 5.75 Å². The number of ether oxygens (including phenoxy) is 1. The molecule has 2 aromatic heterocycles. The molecule has 0 radical (unpaired) electrons. The molecule has 5 heteroatoms. The standard InChI is InChI=1S/C21H17NO3S/c23-21(22-13-19-6-3-11-26-19)20-10-9-18(25-20)14-24-17-8-7-15-4-1-2-5-16(15)12-17/h1-12H,13-14H2,(H,22,23). The number of furan rings is 1. The molecule has 0 saturated heterocycles. The summed E-state index contributed by atoms with van der Waals surface area (Å²) < 4.78 is 11.4. The number of amides is 1. The van der Waals surface area contributed by atoms with E-state index in [1.807, 2.05) is 53.9 Å².